The highest BCUT2D eigenvalue weighted by atomic mass is 16.4. The van der Waals surface area contributed by atoms with E-state index in [0.29, 0.717) is 32.0 Å². The van der Waals surface area contributed by atoms with Crippen LogP contribution in [0.3, 0.4) is 0 Å². The Labute approximate surface area is 108 Å². The fourth-order valence-corrected chi connectivity index (χ4v) is 2.28. The van der Waals surface area contributed by atoms with Crippen LogP contribution < -0.4 is 5.73 Å². The van der Waals surface area contributed by atoms with Gasteiger partial charge in [-0.1, -0.05) is 6.92 Å². The van der Waals surface area contributed by atoms with E-state index in [1.54, 1.807) is 0 Å². The van der Waals surface area contributed by atoms with Gasteiger partial charge in [-0.3, -0.25) is 9.59 Å². The highest BCUT2D eigenvalue weighted by Gasteiger charge is 2.24. The lowest BCUT2D eigenvalue weighted by atomic mass is 9.93. The van der Waals surface area contributed by atoms with Crippen LogP contribution >= 0.6 is 0 Å². The van der Waals surface area contributed by atoms with E-state index in [9.17, 15) is 9.59 Å². The highest BCUT2D eigenvalue weighted by Crippen LogP contribution is 2.21. The Morgan fingerprint density at radius 2 is 2.00 bits per heavy atom. The average Bonchev–Trinajstić information content (AvgIpc) is 2.35. The van der Waals surface area contributed by atoms with Crippen molar-refractivity contribution in [3.05, 3.63) is 0 Å². The van der Waals surface area contributed by atoms with Gasteiger partial charge in [-0.05, 0) is 37.6 Å². The van der Waals surface area contributed by atoms with Crippen molar-refractivity contribution in [2.24, 2.45) is 17.6 Å². The first-order valence-corrected chi connectivity index (χ1v) is 6.72. The molecule has 1 aliphatic rings. The molecule has 1 atom stereocenters. The Bertz CT molecular complexity index is 286. The number of nitrogens with two attached hydrogens (primary N) is 1. The predicted molar refractivity (Wildman–Crippen MR) is 69.0 cm³/mol. The lowest BCUT2D eigenvalue weighted by Gasteiger charge is -2.31. The first-order valence-electron chi connectivity index (χ1n) is 6.72. The second-order valence-electron chi connectivity index (χ2n) is 5.30. The molecule has 1 aliphatic heterocycles. The molecule has 0 spiro atoms. The molecule has 0 aromatic rings. The number of piperidine rings is 1. The van der Waals surface area contributed by atoms with Crippen LogP contribution in [0.5, 0.6) is 0 Å². The lowest BCUT2D eigenvalue weighted by Crippen LogP contribution is -2.39. The number of nitrogens with zero attached hydrogens (tertiary/aromatic N) is 1. The molecule has 1 amide bonds. The summed E-state index contributed by atoms with van der Waals surface area (Å²) < 4.78 is 0. The minimum absolute atomic E-state index is 0.184. The summed E-state index contributed by atoms with van der Waals surface area (Å²) in [6.07, 6.45) is 3.24. The molecule has 1 unspecified atom stereocenters. The van der Waals surface area contributed by atoms with E-state index in [0.717, 1.165) is 19.3 Å². The number of hydrogen-bond acceptors (Lipinski definition) is 3. The molecule has 0 aromatic heterocycles. The maximum atomic E-state index is 11.9. The molecular weight excluding hydrogens is 232 g/mol. The highest BCUT2D eigenvalue weighted by molar-refractivity contribution is 5.76. The van der Waals surface area contributed by atoms with Crippen LogP contribution in [0.25, 0.3) is 0 Å². The van der Waals surface area contributed by atoms with Crippen molar-refractivity contribution in [2.45, 2.75) is 39.0 Å². The Hall–Kier alpha value is -1.10. The number of aliphatic carboxylic acids is 1. The maximum absolute atomic E-state index is 11.9. The smallest absolute Gasteiger partial charge is 0.303 e. The molecule has 0 radical (unpaired) electrons. The van der Waals surface area contributed by atoms with Crippen molar-refractivity contribution in [1.82, 2.24) is 4.90 Å². The van der Waals surface area contributed by atoms with E-state index >= 15 is 0 Å². The fourth-order valence-electron chi connectivity index (χ4n) is 2.28. The zero-order valence-electron chi connectivity index (χ0n) is 11.1. The van der Waals surface area contributed by atoms with E-state index in [1.807, 2.05) is 11.8 Å². The third kappa shape index (κ3) is 5.04. The number of rotatable bonds is 6. The fraction of sp³-hybridized carbons (Fsp3) is 0.846. The van der Waals surface area contributed by atoms with Crippen molar-refractivity contribution < 1.29 is 14.7 Å². The number of carboxylic acids is 1. The first kappa shape index (κ1) is 15.0. The van der Waals surface area contributed by atoms with E-state index in [-0.39, 0.29) is 18.2 Å². The number of carbonyl (C=O) groups is 2. The molecule has 0 saturated carbocycles. The van der Waals surface area contributed by atoms with Gasteiger partial charge in [-0.2, -0.15) is 0 Å². The van der Waals surface area contributed by atoms with Gasteiger partial charge in [0.05, 0.1) is 0 Å². The SMILES string of the molecule is CC(CN)CCC(=O)N1CCC(CC(=O)O)CC1. The monoisotopic (exact) mass is 256 g/mol. The van der Waals surface area contributed by atoms with Gasteiger partial charge in [-0.25, -0.2) is 0 Å². The Morgan fingerprint density at radius 3 is 2.50 bits per heavy atom. The van der Waals surface area contributed by atoms with Gasteiger partial charge in [0.1, 0.15) is 0 Å². The zero-order valence-corrected chi connectivity index (χ0v) is 11.1. The molecule has 0 aromatic carbocycles. The Kier molecular flexibility index (Phi) is 6.12. The van der Waals surface area contributed by atoms with Crippen molar-refractivity contribution in [1.29, 1.82) is 0 Å². The van der Waals surface area contributed by atoms with Crippen LogP contribution in [-0.4, -0.2) is 41.5 Å². The molecule has 104 valence electrons. The van der Waals surface area contributed by atoms with Crippen LogP contribution in [0.1, 0.15) is 39.0 Å². The van der Waals surface area contributed by atoms with Gasteiger partial charge in [0.25, 0.3) is 0 Å². The molecule has 1 heterocycles. The van der Waals surface area contributed by atoms with Crippen LogP contribution in [0.2, 0.25) is 0 Å². The molecule has 18 heavy (non-hydrogen) atoms. The van der Waals surface area contributed by atoms with Gasteiger partial charge in [0, 0.05) is 25.9 Å². The number of amides is 1. The summed E-state index contributed by atoms with van der Waals surface area (Å²) in [6.45, 7) is 4.07. The minimum Gasteiger partial charge on any atom is -0.481 e. The minimum atomic E-state index is -0.739. The van der Waals surface area contributed by atoms with E-state index in [1.165, 1.54) is 0 Å². The Balaban J connectivity index is 2.25. The van der Waals surface area contributed by atoms with Crippen LogP contribution in [-0.2, 0) is 9.59 Å². The number of likely N-dealkylation sites (tertiary alicyclic amines) is 1. The summed E-state index contributed by atoms with van der Waals surface area (Å²) >= 11 is 0. The largest absolute Gasteiger partial charge is 0.481 e. The predicted octanol–water partition coefficient (Wildman–Crippen LogP) is 1.07. The summed E-state index contributed by atoms with van der Waals surface area (Å²) in [5.74, 6) is 0.0636. The van der Waals surface area contributed by atoms with Gasteiger partial charge >= 0.3 is 5.97 Å². The standard InChI is InChI=1S/C13H24N2O3/c1-10(9-14)2-3-12(16)15-6-4-11(5-7-15)8-13(17)18/h10-11H,2-9,14H2,1H3,(H,17,18). The second-order valence-corrected chi connectivity index (χ2v) is 5.30. The molecule has 5 nitrogen and oxygen atoms in total. The summed E-state index contributed by atoms with van der Waals surface area (Å²) in [7, 11) is 0. The molecular formula is C13H24N2O3. The van der Waals surface area contributed by atoms with E-state index in [2.05, 4.69) is 0 Å². The number of hydrogen-bond donors (Lipinski definition) is 2. The normalized spacial score (nSPS) is 18.7. The number of carbonyl (C=O) groups excluding carboxylic acids is 1. The molecule has 0 bridgehead atoms. The zero-order chi connectivity index (χ0) is 13.5. The third-order valence-corrected chi connectivity index (χ3v) is 3.68. The first-order chi connectivity index (χ1) is 8.52. The molecule has 3 N–H and O–H groups in total. The van der Waals surface area contributed by atoms with Gasteiger partial charge in [-0.15, -0.1) is 0 Å². The van der Waals surface area contributed by atoms with Gasteiger partial charge in [0.15, 0.2) is 0 Å². The van der Waals surface area contributed by atoms with E-state index < -0.39 is 5.97 Å². The van der Waals surface area contributed by atoms with Gasteiger partial charge < -0.3 is 15.7 Å². The molecule has 0 aliphatic carbocycles. The van der Waals surface area contributed by atoms with Crippen LogP contribution in [0.15, 0.2) is 0 Å². The van der Waals surface area contributed by atoms with Crippen LogP contribution in [0, 0.1) is 11.8 Å². The maximum Gasteiger partial charge on any atom is 0.303 e. The lowest BCUT2D eigenvalue weighted by molar-refractivity contribution is -0.138. The molecule has 1 rings (SSSR count). The summed E-state index contributed by atoms with van der Waals surface area (Å²) in [4.78, 5) is 24.4. The average molecular weight is 256 g/mol. The molecule has 5 heteroatoms. The van der Waals surface area contributed by atoms with Crippen molar-refractivity contribution >= 4 is 11.9 Å². The number of carboxylic acid groups (broad SMARTS) is 1. The quantitative estimate of drug-likeness (QED) is 0.744. The molecule has 1 fully saturated rings. The van der Waals surface area contributed by atoms with Crippen molar-refractivity contribution in [2.75, 3.05) is 19.6 Å². The van der Waals surface area contributed by atoms with Crippen molar-refractivity contribution in [3.63, 3.8) is 0 Å². The molecule has 1 saturated heterocycles. The van der Waals surface area contributed by atoms with Crippen molar-refractivity contribution in [3.8, 4) is 0 Å². The summed E-state index contributed by atoms with van der Waals surface area (Å²) in [6, 6.07) is 0. The topological polar surface area (TPSA) is 83.6 Å². The van der Waals surface area contributed by atoms with E-state index in [4.69, 9.17) is 10.8 Å². The van der Waals surface area contributed by atoms with Crippen LogP contribution in [0.4, 0.5) is 0 Å². The summed E-state index contributed by atoms with van der Waals surface area (Å²) in [5.41, 5.74) is 5.52. The third-order valence-electron chi connectivity index (χ3n) is 3.68. The second kappa shape index (κ2) is 7.36. The van der Waals surface area contributed by atoms with Gasteiger partial charge in [0.2, 0.25) is 5.91 Å². The Morgan fingerprint density at radius 1 is 1.39 bits per heavy atom. The summed E-state index contributed by atoms with van der Waals surface area (Å²) in [5, 5.41) is 8.72.